The number of nitro benzene ring substituents is 1. The fraction of sp³-hybridized carbons (Fsp3) is 0.250. The van der Waals surface area contributed by atoms with Crippen molar-refractivity contribution in [2.75, 3.05) is 0 Å². The van der Waals surface area contributed by atoms with Gasteiger partial charge < -0.3 is 5.32 Å². The molecule has 0 aliphatic carbocycles. The number of rotatable bonds is 5. The largest absolute Gasteiger partial charge is 0.306 e. The van der Waals surface area contributed by atoms with Gasteiger partial charge >= 0.3 is 0 Å². The van der Waals surface area contributed by atoms with Gasteiger partial charge in [0.05, 0.1) is 11.0 Å². The smallest absolute Gasteiger partial charge is 0.272 e. The van der Waals surface area contributed by atoms with Gasteiger partial charge in [0.2, 0.25) is 0 Å². The molecule has 0 saturated carbocycles. The number of non-ortho nitro benzene ring substituents is 1. The van der Waals surface area contributed by atoms with E-state index in [0.717, 1.165) is 11.6 Å². The maximum Gasteiger partial charge on any atom is 0.272 e. The summed E-state index contributed by atoms with van der Waals surface area (Å²) in [5.41, 5.74) is 2.63. The number of aryl methyl sites for hydroxylation is 1. The van der Waals surface area contributed by atoms with Gasteiger partial charge in [-0.2, -0.15) is 0 Å². The number of nitrogens with zero attached hydrogens (tertiary/aromatic N) is 1. The van der Waals surface area contributed by atoms with Crippen molar-refractivity contribution >= 4 is 5.69 Å². The molecule has 0 saturated heterocycles. The van der Waals surface area contributed by atoms with E-state index in [4.69, 9.17) is 0 Å². The SMILES string of the molecule is Cc1ccc([C@H](C)NCc2cc(F)cc([N+](=O)[O-])c2)cc1. The third kappa shape index (κ3) is 4.10. The topological polar surface area (TPSA) is 55.2 Å². The van der Waals surface area contributed by atoms with Gasteiger partial charge in [-0.3, -0.25) is 10.1 Å². The summed E-state index contributed by atoms with van der Waals surface area (Å²) in [5.74, 6) is -0.594. The summed E-state index contributed by atoms with van der Waals surface area (Å²) < 4.78 is 13.3. The molecule has 0 heterocycles. The van der Waals surface area contributed by atoms with Gasteiger partial charge in [0, 0.05) is 18.7 Å². The molecule has 0 aromatic heterocycles. The Balaban J connectivity index is 2.05. The number of halogens is 1. The minimum atomic E-state index is -0.594. The van der Waals surface area contributed by atoms with Crippen LogP contribution in [0.4, 0.5) is 10.1 Å². The van der Waals surface area contributed by atoms with Crippen LogP contribution in [0.5, 0.6) is 0 Å². The molecule has 0 amide bonds. The molecule has 0 spiro atoms. The van der Waals surface area contributed by atoms with E-state index in [1.54, 1.807) is 0 Å². The molecule has 1 N–H and O–H groups in total. The number of hydrogen-bond donors (Lipinski definition) is 1. The van der Waals surface area contributed by atoms with E-state index in [-0.39, 0.29) is 11.7 Å². The van der Waals surface area contributed by atoms with Crippen LogP contribution in [0.1, 0.15) is 29.7 Å². The Labute approximate surface area is 122 Å². The maximum atomic E-state index is 13.3. The van der Waals surface area contributed by atoms with E-state index < -0.39 is 10.7 Å². The van der Waals surface area contributed by atoms with E-state index in [2.05, 4.69) is 5.32 Å². The van der Waals surface area contributed by atoms with Crippen LogP contribution in [0.15, 0.2) is 42.5 Å². The van der Waals surface area contributed by atoms with Crippen molar-refractivity contribution in [1.82, 2.24) is 5.32 Å². The second-order valence-electron chi connectivity index (χ2n) is 5.09. The highest BCUT2D eigenvalue weighted by atomic mass is 19.1. The predicted molar refractivity (Wildman–Crippen MR) is 79.5 cm³/mol. The van der Waals surface area contributed by atoms with Crippen LogP contribution in [-0.4, -0.2) is 4.92 Å². The molecule has 2 aromatic carbocycles. The number of nitrogens with one attached hydrogen (secondary N) is 1. The third-order valence-corrected chi connectivity index (χ3v) is 3.34. The van der Waals surface area contributed by atoms with Crippen molar-refractivity contribution in [1.29, 1.82) is 0 Å². The fourth-order valence-corrected chi connectivity index (χ4v) is 2.08. The molecule has 4 nitrogen and oxygen atoms in total. The summed E-state index contributed by atoms with van der Waals surface area (Å²) in [7, 11) is 0. The van der Waals surface area contributed by atoms with Gasteiger partial charge in [-0.1, -0.05) is 29.8 Å². The average Bonchev–Trinajstić information content (AvgIpc) is 2.45. The molecule has 0 aliphatic heterocycles. The second-order valence-corrected chi connectivity index (χ2v) is 5.09. The van der Waals surface area contributed by atoms with Crippen molar-refractivity contribution in [3.05, 3.63) is 75.1 Å². The van der Waals surface area contributed by atoms with Crippen LogP contribution in [0.3, 0.4) is 0 Å². The summed E-state index contributed by atoms with van der Waals surface area (Å²) in [6.07, 6.45) is 0. The Morgan fingerprint density at radius 2 is 1.90 bits per heavy atom. The van der Waals surface area contributed by atoms with Crippen LogP contribution in [-0.2, 0) is 6.54 Å². The molecule has 110 valence electrons. The van der Waals surface area contributed by atoms with Crippen LogP contribution in [0, 0.1) is 22.9 Å². The maximum absolute atomic E-state index is 13.3. The monoisotopic (exact) mass is 288 g/mol. The Morgan fingerprint density at radius 1 is 1.24 bits per heavy atom. The van der Waals surface area contributed by atoms with Crippen LogP contribution >= 0.6 is 0 Å². The molecule has 0 radical (unpaired) electrons. The highest BCUT2D eigenvalue weighted by molar-refractivity contribution is 5.35. The zero-order chi connectivity index (χ0) is 15.4. The molecule has 0 unspecified atom stereocenters. The molecule has 0 bridgehead atoms. The van der Waals surface area contributed by atoms with Crippen molar-refractivity contribution in [2.24, 2.45) is 0 Å². The Kier molecular flexibility index (Phi) is 4.65. The minimum absolute atomic E-state index is 0.0768. The van der Waals surface area contributed by atoms with Gasteiger partial charge in [0.15, 0.2) is 0 Å². The van der Waals surface area contributed by atoms with E-state index in [0.29, 0.717) is 12.1 Å². The lowest BCUT2D eigenvalue weighted by Gasteiger charge is -2.14. The highest BCUT2D eigenvalue weighted by Crippen LogP contribution is 2.18. The Morgan fingerprint density at radius 3 is 2.52 bits per heavy atom. The first-order chi connectivity index (χ1) is 9.95. The standard InChI is InChI=1S/C16H17FN2O2/c1-11-3-5-14(6-4-11)12(2)18-10-13-7-15(17)9-16(8-13)19(20)21/h3-9,12,18H,10H2,1-2H3/t12-/m0/s1. The molecule has 2 aromatic rings. The fourth-order valence-electron chi connectivity index (χ4n) is 2.08. The lowest BCUT2D eigenvalue weighted by Crippen LogP contribution is -2.18. The zero-order valence-electron chi connectivity index (χ0n) is 12.0. The molecule has 5 heteroatoms. The van der Waals surface area contributed by atoms with Gasteiger partial charge in [0.1, 0.15) is 5.82 Å². The number of hydrogen-bond acceptors (Lipinski definition) is 3. The minimum Gasteiger partial charge on any atom is -0.306 e. The highest BCUT2D eigenvalue weighted by Gasteiger charge is 2.11. The summed E-state index contributed by atoms with van der Waals surface area (Å²) in [6.45, 7) is 4.39. The summed E-state index contributed by atoms with van der Waals surface area (Å²) in [6, 6.07) is 11.8. The summed E-state index contributed by atoms with van der Waals surface area (Å²) in [4.78, 5) is 10.1. The van der Waals surface area contributed by atoms with Crippen LogP contribution < -0.4 is 5.32 Å². The van der Waals surface area contributed by atoms with E-state index in [1.807, 2.05) is 38.1 Å². The normalized spacial score (nSPS) is 12.1. The molecular formula is C16H17FN2O2. The lowest BCUT2D eigenvalue weighted by atomic mass is 10.1. The second kappa shape index (κ2) is 6.45. The summed E-state index contributed by atoms with van der Waals surface area (Å²) >= 11 is 0. The van der Waals surface area contributed by atoms with Gasteiger partial charge in [-0.05, 0) is 31.0 Å². The molecular weight excluding hydrogens is 271 g/mol. The van der Waals surface area contributed by atoms with E-state index >= 15 is 0 Å². The van der Waals surface area contributed by atoms with Gasteiger partial charge in [-0.15, -0.1) is 0 Å². The van der Waals surface area contributed by atoms with Gasteiger partial charge in [-0.25, -0.2) is 4.39 Å². The number of benzene rings is 2. The number of nitro groups is 1. The molecule has 2 rings (SSSR count). The van der Waals surface area contributed by atoms with E-state index in [1.165, 1.54) is 17.7 Å². The lowest BCUT2D eigenvalue weighted by molar-refractivity contribution is -0.385. The van der Waals surface area contributed by atoms with E-state index in [9.17, 15) is 14.5 Å². The van der Waals surface area contributed by atoms with Crippen molar-refractivity contribution in [3.8, 4) is 0 Å². The first kappa shape index (κ1) is 15.1. The molecule has 0 aliphatic rings. The first-order valence-corrected chi connectivity index (χ1v) is 6.69. The van der Waals surface area contributed by atoms with Crippen molar-refractivity contribution in [2.45, 2.75) is 26.4 Å². The Hall–Kier alpha value is -2.27. The van der Waals surface area contributed by atoms with Gasteiger partial charge in [0.25, 0.3) is 5.69 Å². The first-order valence-electron chi connectivity index (χ1n) is 6.69. The van der Waals surface area contributed by atoms with Crippen molar-refractivity contribution < 1.29 is 9.31 Å². The predicted octanol–water partition coefficient (Wildman–Crippen LogP) is 3.89. The third-order valence-electron chi connectivity index (χ3n) is 3.34. The zero-order valence-corrected chi connectivity index (χ0v) is 12.0. The van der Waals surface area contributed by atoms with Crippen LogP contribution in [0.25, 0.3) is 0 Å². The summed E-state index contributed by atoms with van der Waals surface area (Å²) in [5, 5.41) is 14.0. The average molecular weight is 288 g/mol. The molecule has 0 fully saturated rings. The molecule has 1 atom stereocenters. The molecule has 21 heavy (non-hydrogen) atoms. The Bertz CT molecular complexity index is 641. The quantitative estimate of drug-likeness (QED) is 0.670. The van der Waals surface area contributed by atoms with Crippen LogP contribution in [0.2, 0.25) is 0 Å². The van der Waals surface area contributed by atoms with Crippen molar-refractivity contribution in [3.63, 3.8) is 0 Å².